The largest absolute Gasteiger partial charge is 0.301 e. The number of aryl methyl sites for hydroxylation is 2. The maximum Gasteiger partial charge on any atom is 0.236 e. The predicted molar refractivity (Wildman–Crippen MR) is 128 cm³/mol. The number of benzene rings is 1. The number of thiophene rings is 1. The second-order valence-corrected chi connectivity index (χ2v) is 10.5. The van der Waals surface area contributed by atoms with Gasteiger partial charge < -0.3 is 5.32 Å². The molecule has 0 bridgehead atoms. The molecule has 6 nitrogen and oxygen atoms in total. The molecule has 5 aromatic rings. The van der Waals surface area contributed by atoms with Gasteiger partial charge in [0.25, 0.3) is 0 Å². The molecule has 0 saturated heterocycles. The van der Waals surface area contributed by atoms with Gasteiger partial charge in [-0.15, -0.1) is 22.7 Å². The van der Waals surface area contributed by atoms with E-state index in [9.17, 15) is 4.79 Å². The lowest BCUT2D eigenvalue weighted by Gasteiger charge is -2.06. The van der Waals surface area contributed by atoms with Crippen molar-refractivity contribution in [3.05, 3.63) is 47.2 Å². The number of carbonyl (C=O) groups is 1. The van der Waals surface area contributed by atoms with E-state index in [4.69, 9.17) is 4.98 Å². The van der Waals surface area contributed by atoms with E-state index in [1.54, 1.807) is 29.0 Å². The van der Waals surface area contributed by atoms with Gasteiger partial charge in [-0.05, 0) is 37.8 Å². The molecule has 0 spiro atoms. The number of nitrogens with one attached hydrogen (secondary N) is 1. The fourth-order valence-electron chi connectivity index (χ4n) is 3.88. The summed E-state index contributed by atoms with van der Waals surface area (Å²) in [6.07, 6.45) is 6.06. The van der Waals surface area contributed by atoms with E-state index in [-0.39, 0.29) is 11.7 Å². The average molecular weight is 464 g/mol. The molecule has 0 atom stereocenters. The number of carbonyl (C=O) groups excluding carboxylic acids is 1. The highest BCUT2D eigenvalue weighted by Gasteiger charge is 2.18. The van der Waals surface area contributed by atoms with Gasteiger partial charge in [-0.25, -0.2) is 19.9 Å². The van der Waals surface area contributed by atoms with Crippen LogP contribution in [-0.4, -0.2) is 31.6 Å². The summed E-state index contributed by atoms with van der Waals surface area (Å²) in [5.74, 6) is 0.216. The lowest BCUT2D eigenvalue weighted by Crippen LogP contribution is -2.14. The van der Waals surface area contributed by atoms with Crippen LogP contribution in [0, 0.1) is 0 Å². The molecule has 6 rings (SSSR count). The fraction of sp³-hybridized carbons (Fsp3) is 0.227. The normalized spacial score (nSPS) is 13.7. The maximum absolute atomic E-state index is 12.5. The minimum Gasteiger partial charge on any atom is -0.301 e. The standard InChI is InChI=1S/C22H17N5OS3/c28-17(27-22-26-15-7-3-4-8-16(15)30-22)10-29-21-19-18(23-11-24-21)13-9-12-5-1-2-6-14(12)25-20(13)31-19/h1-2,5-6,9,11H,3-4,7-8,10H2,(H,26,27,28). The Morgan fingerprint density at radius 2 is 2.00 bits per heavy atom. The van der Waals surface area contributed by atoms with Crippen LogP contribution in [0.2, 0.25) is 0 Å². The number of thiazole rings is 1. The molecule has 0 fully saturated rings. The summed E-state index contributed by atoms with van der Waals surface area (Å²) in [6.45, 7) is 0. The van der Waals surface area contributed by atoms with Crippen LogP contribution in [0.3, 0.4) is 0 Å². The SMILES string of the molecule is O=C(CSc1ncnc2c1sc1nc3ccccc3cc12)Nc1nc2c(s1)CCCC2. The van der Waals surface area contributed by atoms with Gasteiger partial charge in [0.15, 0.2) is 5.13 Å². The quantitative estimate of drug-likeness (QED) is 0.282. The molecule has 4 heterocycles. The number of rotatable bonds is 4. The zero-order chi connectivity index (χ0) is 20.8. The molecule has 0 saturated carbocycles. The van der Waals surface area contributed by atoms with Crippen LogP contribution < -0.4 is 5.32 Å². The number of amides is 1. The van der Waals surface area contributed by atoms with Gasteiger partial charge in [0.1, 0.15) is 16.2 Å². The number of thioether (sulfide) groups is 1. The number of fused-ring (bicyclic) bond motifs is 5. The van der Waals surface area contributed by atoms with E-state index in [2.05, 4.69) is 32.4 Å². The molecule has 0 aliphatic heterocycles. The number of aromatic nitrogens is 4. The van der Waals surface area contributed by atoms with E-state index in [0.717, 1.165) is 54.9 Å². The Morgan fingerprint density at radius 3 is 2.94 bits per heavy atom. The Balaban J connectivity index is 1.25. The van der Waals surface area contributed by atoms with Crippen LogP contribution in [0.5, 0.6) is 0 Å². The average Bonchev–Trinajstić information content (AvgIpc) is 3.36. The molecule has 1 aliphatic carbocycles. The summed E-state index contributed by atoms with van der Waals surface area (Å²) in [4.78, 5) is 33.1. The Morgan fingerprint density at radius 1 is 1.10 bits per heavy atom. The molecule has 31 heavy (non-hydrogen) atoms. The van der Waals surface area contributed by atoms with Crippen LogP contribution >= 0.6 is 34.4 Å². The molecule has 0 unspecified atom stereocenters. The second kappa shape index (κ2) is 7.81. The van der Waals surface area contributed by atoms with Crippen molar-refractivity contribution in [3.8, 4) is 0 Å². The van der Waals surface area contributed by atoms with Crippen molar-refractivity contribution in [1.82, 2.24) is 19.9 Å². The molecule has 154 valence electrons. The van der Waals surface area contributed by atoms with E-state index in [1.807, 2.05) is 18.2 Å². The number of pyridine rings is 1. The van der Waals surface area contributed by atoms with Gasteiger partial charge in [-0.1, -0.05) is 30.0 Å². The van der Waals surface area contributed by atoms with Crippen molar-refractivity contribution >= 4 is 76.8 Å². The van der Waals surface area contributed by atoms with Crippen molar-refractivity contribution in [2.75, 3.05) is 11.1 Å². The number of hydrogen-bond donors (Lipinski definition) is 1. The zero-order valence-corrected chi connectivity index (χ0v) is 18.9. The first-order valence-corrected chi connectivity index (χ1v) is 12.7. The lowest BCUT2D eigenvalue weighted by molar-refractivity contribution is -0.113. The summed E-state index contributed by atoms with van der Waals surface area (Å²) in [7, 11) is 0. The van der Waals surface area contributed by atoms with E-state index >= 15 is 0 Å². The van der Waals surface area contributed by atoms with E-state index < -0.39 is 0 Å². The number of para-hydroxylation sites is 1. The highest BCUT2D eigenvalue weighted by molar-refractivity contribution is 8.00. The number of anilines is 1. The van der Waals surface area contributed by atoms with Crippen LogP contribution in [0.1, 0.15) is 23.4 Å². The first kappa shape index (κ1) is 19.1. The monoisotopic (exact) mass is 463 g/mol. The van der Waals surface area contributed by atoms with Crippen molar-refractivity contribution in [2.24, 2.45) is 0 Å². The first-order chi connectivity index (χ1) is 15.2. The second-order valence-electron chi connectivity index (χ2n) is 7.43. The summed E-state index contributed by atoms with van der Waals surface area (Å²) >= 11 is 4.61. The van der Waals surface area contributed by atoms with Crippen LogP contribution in [0.15, 0.2) is 41.7 Å². The Labute approximate surface area is 190 Å². The summed E-state index contributed by atoms with van der Waals surface area (Å²) in [6, 6.07) is 10.2. The van der Waals surface area contributed by atoms with Crippen molar-refractivity contribution in [2.45, 2.75) is 30.7 Å². The van der Waals surface area contributed by atoms with Gasteiger partial charge in [0.2, 0.25) is 5.91 Å². The number of hydrogen-bond acceptors (Lipinski definition) is 8. The van der Waals surface area contributed by atoms with Crippen molar-refractivity contribution in [1.29, 1.82) is 0 Å². The van der Waals surface area contributed by atoms with Crippen LogP contribution in [0.25, 0.3) is 31.3 Å². The Bertz CT molecular complexity index is 1430. The Hall–Kier alpha value is -2.62. The smallest absolute Gasteiger partial charge is 0.236 e. The summed E-state index contributed by atoms with van der Waals surface area (Å²) in [5.41, 5.74) is 3.01. The molecule has 4 aromatic heterocycles. The third kappa shape index (κ3) is 3.56. The molecular formula is C22H17N5OS3. The molecule has 9 heteroatoms. The maximum atomic E-state index is 12.5. The first-order valence-electron chi connectivity index (χ1n) is 10.1. The number of nitrogens with zero attached hydrogens (tertiary/aromatic N) is 4. The molecule has 1 amide bonds. The molecular weight excluding hydrogens is 446 g/mol. The van der Waals surface area contributed by atoms with E-state index in [0.29, 0.717) is 5.13 Å². The topological polar surface area (TPSA) is 80.7 Å². The summed E-state index contributed by atoms with van der Waals surface area (Å²) in [5, 5.41) is 6.60. The van der Waals surface area contributed by atoms with Gasteiger partial charge >= 0.3 is 0 Å². The lowest BCUT2D eigenvalue weighted by atomic mass is 10.0. The zero-order valence-electron chi connectivity index (χ0n) is 16.4. The summed E-state index contributed by atoms with van der Waals surface area (Å²) < 4.78 is 0.975. The molecule has 0 radical (unpaired) electrons. The minimum absolute atomic E-state index is 0.0622. The highest BCUT2D eigenvalue weighted by atomic mass is 32.2. The molecule has 1 N–H and O–H groups in total. The van der Waals surface area contributed by atoms with Crippen LogP contribution in [0.4, 0.5) is 5.13 Å². The minimum atomic E-state index is -0.0622. The predicted octanol–water partition coefficient (Wildman–Crippen LogP) is 5.46. The van der Waals surface area contributed by atoms with Gasteiger partial charge in [-0.2, -0.15) is 0 Å². The van der Waals surface area contributed by atoms with Gasteiger partial charge in [-0.3, -0.25) is 4.79 Å². The van der Waals surface area contributed by atoms with E-state index in [1.165, 1.54) is 29.5 Å². The fourth-order valence-corrected chi connectivity index (χ4v) is 6.94. The van der Waals surface area contributed by atoms with Crippen molar-refractivity contribution in [3.63, 3.8) is 0 Å². The molecule has 1 aromatic carbocycles. The van der Waals surface area contributed by atoms with Crippen LogP contribution in [-0.2, 0) is 17.6 Å². The highest BCUT2D eigenvalue weighted by Crippen LogP contribution is 2.37. The Kier molecular flexibility index (Phi) is 4.81. The van der Waals surface area contributed by atoms with Gasteiger partial charge in [0.05, 0.1) is 27.2 Å². The van der Waals surface area contributed by atoms with Gasteiger partial charge in [0, 0.05) is 15.6 Å². The third-order valence-corrected chi connectivity index (χ3v) is 8.63. The third-order valence-electron chi connectivity index (χ3n) is 5.35. The van der Waals surface area contributed by atoms with Crippen molar-refractivity contribution < 1.29 is 4.79 Å². The molecule has 1 aliphatic rings.